The number of hydrogen-bond acceptors (Lipinski definition) is 2. The van der Waals surface area contributed by atoms with Crippen LogP contribution in [0.4, 0.5) is 0 Å². The number of nitrogens with zero attached hydrogens (tertiary/aromatic N) is 3. The van der Waals surface area contributed by atoms with Crippen LogP contribution < -0.4 is 0 Å². The normalized spacial score (nSPS) is 15.0. The molecule has 0 amide bonds. The summed E-state index contributed by atoms with van der Waals surface area (Å²) in [7, 11) is 0. The van der Waals surface area contributed by atoms with Crippen molar-refractivity contribution in [3.63, 3.8) is 0 Å². The molecule has 0 fully saturated rings. The van der Waals surface area contributed by atoms with Crippen LogP contribution in [-0.4, -0.2) is 9.13 Å². The molecular weight excluding hydrogens is 591 g/mol. The maximum absolute atomic E-state index is 9.41. The second-order valence-corrected chi connectivity index (χ2v) is 13.4. The van der Waals surface area contributed by atoms with Crippen molar-refractivity contribution in [1.29, 1.82) is 5.26 Å². The van der Waals surface area contributed by atoms with Crippen LogP contribution in [0.5, 0.6) is 0 Å². The van der Waals surface area contributed by atoms with Gasteiger partial charge in [0.25, 0.3) is 0 Å². The van der Waals surface area contributed by atoms with E-state index in [1.165, 1.54) is 80.6 Å². The van der Waals surface area contributed by atoms with Gasteiger partial charge in [0.1, 0.15) is 0 Å². The first-order chi connectivity index (χ1) is 23.3. The maximum Gasteiger partial charge on any atom is 0.0700 e. The molecule has 10 rings (SSSR count). The van der Waals surface area contributed by atoms with E-state index in [1.807, 2.05) is 17.4 Å². The van der Waals surface area contributed by atoms with Crippen molar-refractivity contribution in [1.82, 2.24) is 9.13 Å². The van der Waals surface area contributed by atoms with Gasteiger partial charge in [0.15, 0.2) is 0 Å². The predicted molar refractivity (Wildman–Crippen MR) is 199 cm³/mol. The second kappa shape index (κ2) is 10.1. The van der Waals surface area contributed by atoms with Crippen molar-refractivity contribution in [3.05, 3.63) is 146 Å². The molecule has 4 heteroatoms. The Morgan fingerprint density at radius 3 is 1.85 bits per heavy atom. The first-order valence-electron chi connectivity index (χ1n) is 16.0. The summed E-state index contributed by atoms with van der Waals surface area (Å²) in [5.74, 6) is -0.0582. The molecule has 1 unspecified atom stereocenters. The number of aromatic nitrogens is 2. The van der Waals surface area contributed by atoms with Crippen LogP contribution in [0.15, 0.2) is 146 Å². The lowest BCUT2D eigenvalue weighted by Crippen LogP contribution is -2.01. The first-order valence-corrected chi connectivity index (χ1v) is 16.8. The summed E-state index contributed by atoms with van der Waals surface area (Å²) in [6, 6.07) is 49.0. The third-order valence-electron chi connectivity index (χ3n) is 9.81. The molecule has 0 bridgehead atoms. The highest BCUT2D eigenvalue weighted by Gasteiger charge is 2.19. The van der Waals surface area contributed by atoms with Crippen LogP contribution in [0.3, 0.4) is 0 Å². The Labute approximate surface area is 275 Å². The summed E-state index contributed by atoms with van der Waals surface area (Å²) in [5, 5.41) is 17.0. The topological polar surface area (TPSA) is 33.6 Å². The minimum absolute atomic E-state index is 0.0582. The number of fused-ring (bicyclic) bond motifs is 9. The number of benzene rings is 6. The zero-order chi connectivity index (χ0) is 31.1. The molecule has 3 aromatic heterocycles. The highest BCUT2D eigenvalue weighted by molar-refractivity contribution is 7.26. The van der Waals surface area contributed by atoms with Crippen molar-refractivity contribution >= 4 is 80.8 Å². The van der Waals surface area contributed by atoms with E-state index in [-0.39, 0.29) is 5.92 Å². The zero-order valence-corrected chi connectivity index (χ0v) is 26.2. The molecule has 47 heavy (non-hydrogen) atoms. The van der Waals surface area contributed by atoms with Crippen molar-refractivity contribution in [2.24, 2.45) is 5.92 Å². The summed E-state index contributed by atoms with van der Waals surface area (Å²) in [6.07, 6.45) is 7.05. The second-order valence-electron chi connectivity index (χ2n) is 12.4. The third kappa shape index (κ3) is 3.84. The van der Waals surface area contributed by atoms with E-state index >= 15 is 0 Å². The van der Waals surface area contributed by atoms with E-state index in [2.05, 4.69) is 155 Å². The van der Waals surface area contributed by atoms with Gasteiger partial charge in [-0.25, -0.2) is 0 Å². The van der Waals surface area contributed by atoms with Gasteiger partial charge in [0.05, 0.1) is 44.4 Å². The number of rotatable bonds is 3. The maximum atomic E-state index is 9.41. The lowest BCUT2D eigenvalue weighted by atomic mass is 10.00. The molecule has 0 N–H and O–H groups in total. The average Bonchev–Trinajstić information content (AvgIpc) is 3.79. The lowest BCUT2D eigenvalue weighted by Gasteiger charge is -2.14. The highest BCUT2D eigenvalue weighted by atomic mass is 32.1. The molecule has 220 valence electrons. The third-order valence-corrected chi connectivity index (χ3v) is 11.0. The van der Waals surface area contributed by atoms with Gasteiger partial charge in [-0.1, -0.05) is 91.0 Å². The van der Waals surface area contributed by atoms with Gasteiger partial charge >= 0.3 is 0 Å². The van der Waals surface area contributed by atoms with Crippen molar-refractivity contribution in [3.8, 4) is 22.9 Å². The van der Waals surface area contributed by atoms with Crippen LogP contribution in [0.2, 0.25) is 0 Å². The van der Waals surface area contributed by atoms with Crippen LogP contribution in [0.25, 0.3) is 86.3 Å². The van der Waals surface area contributed by atoms with E-state index < -0.39 is 0 Å². The molecule has 0 spiro atoms. The van der Waals surface area contributed by atoms with E-state index in [4.69, 9.17) is 0 Å². The SMILES string of the molecule is N#CC1C=CC(n2c3ccccc3c3cc(-c4ccc5c(c4)c4ccccc4n5-c4cccc5c4sc4ccccc45)ccc32)=CC1. The number of nitriles is 1. The summed E-state index contributed by atoms with van der Waals surface area (Å²) < 4.78 is 7.42. The van der Waals surface area contributed by atoms with Crippen LogP contribution in [0, 0.1) is 17.2 Å². The summed E-state index contributed by atoms with van der Waals surface area (Å²) >= 11 is 1.87. The van der Waals surface area contributed by atoms with Gasteiger partial charge in [0.2, 0.25) is 0 Å². The molecule has 0 saturated heterocycles. The number of para-hydroxylation sites is 2. The largest absolute Gasteiger partial charge is 0.310 e. The van der Waals surface area contributed by atoms with E-state index in [1.54, 1.807) is 0 Å². The van der Waals surface area contributed by atoms with Gasteiger partial charge in [-0.2, -0.15) is 5.26 Å². The van der Waals surface area contributed by atoms with Gasteiger partial charge in [0, 0.05) is 42.7 Å². The summed E-state index contributed by atoms with van der Waals surface area (Å²) in [6.45, 7) is 0. The van der Waals surface area contributed by atoms with Crippen LogP contribution >= 0.6 is 11.3 Å². The molecule has 1 atom stereocenters. The molecular formula is C43H27N3S. The zero-order valence-electron chi connectivity index (χ0n) is 25.4. The van der Waals surface area contributed by atoms with Crippen molar-refractivity contribution < 1.29 is 0 Å². The van der Waals surface area contributed by atoms with Gasteiger partial charge < -0.3 is 9.13 Å². The number of allylic oxidation sites excluding steroid dienone is 4. The standard InChI is InChI=1S/C43H27N3S/c44-26-27-16-20-30(21-17-27)45-37-12-4-1-8-31(37)35-24-28(18-22-39(35)45)29-19-23-40-36(25-29)32-9-2-5-13-38(32)46(40)41-14-7-11-34-33-10-3-6-15-42(33)47-43(34)41/h1-16,18-25,27H,17H2. The highest BCUT2D eigenvalue weighted by Crippen LogP contribution is 2.42. The fourth-order valence-electron chi connectivity index (χ4n) is 7.62. The Morgan fingerprint density at radius 1 is 0.574 bits per heavy atom. The van der Waals surface area contributed by atoms with Gasteiger partial charge in [-0.3, -0.25) is 0 Å². The monoisotopic (exact) mass is 617 g/mol. The van der Waals surface area contributed by atoms with Crippen molar-refractivity contribution in [2.45, 2.75) is 6.42 Å². The Hall–Kier alpha value is -5.89. The first kappa shape index (κ1) is 26.3. The van der Waals surface area contributed by atoms with Gasteiger partial charge in [-0.05, 0) is 72.2 Å². The van der Waals surface area contributed by atoms with E-state index in [9.17, 15) is 5.26 Å². The molecule has 6 aromatic carbocycles. The minimum atomic E-state index is -0.0582. The molecule has 0 saturated carbocycles. The Morgan fingerprint density at radius 2 is 1.17 bits per heavy atom. The van der Waals surface area contributed by atoms with Gasteiger partial charge in [-0.15, -0.1) is 11.3 Å². The van der Waals surface area contributed by atoms with E-state index in [0.29, 0.717) is 0 Å². The molecule has 3 heterocycles. The van der Waals surface area contributed by atoms with Crippen LogP contribution in [0.1, 0.15) is 6.42 Å². The average molecular weight is 618 g/mol. The summed E-state index contributed by atoms with van der Waals surface area (Å²) in [4.78, 5) is 0. The lowest BCUT2D eigenvalue weighted by molar-refractivity contribution is 0.834. The number of thiophene rings is 1. The molecule has 3 nitrogen and oxygen atoms in total. The predicted octanol–water partition coefficient (Wildman–Crippen LogP) is 11.9. The molecule has 1 aliphatic rings. The fraction of sp³-hybridized carbons (Fsp3) is 0.0465. The molecule has 9 aromatic rings. The van der Waals surface area contributed by atoms with E-state index in [0.717, 1.165) is 12.1 Å². The molecule has 0 radical (unpaired) electrons. The quantitative estimate of drug-likeness (QED) is 0.194. The summed E-state index contributed by atoms with van der Waals surface area (Å²) in [5.41, 5.74) is 9.54. The fourth-order valence-corrected chi connectivity index (χ4v) is 8.83. The minimum Gasteiger partial charge on any atom is -0.310 e. The smallest absolute Gasteiger partial charge is 0.0700 e. The van der Waals surface area contributed by atoms with Crippen molar-refractivity contribution in [2.75, 3.05) is 0 Å². The number of hydrogen-bond donors (Lipinski definition) is 0. The Balaban J connectivity index is 1.17. The molecule has 1 aliphatic carbocycles. The Bertz CT molecular complexity index is 2850. The molecule has 0 aliphatic heterocycles. The Kier molecular flexibility index (Phi) is 5.64. The van der Waals surface area contributed by atoms with Crippen LogP contribution in [-0.2, 0) is 0 Å².